The Morgan fingerprint density at radius 2 is 2.18 bits per heavy atom. The Labute approximate surface area is 111 Å². The minimum Gasteiger partial charge on any atom is -0.370 e. The summed E-state index contributed by atoms with van der Waals surface area (Å²) < 4.78 is 0.740. The van der Waals surface area contributed by atoms with Crippen molar-refractivity contribution >= 4 is 34.6 Å². The maximum atomic E-state index is 6.08. The minimum absolute atomic E-state index is 0.383. The average Bonchev–Trinajstić information content (AvgIpc) is 2.62. The van der Waals surface area contributed by atoms with Gasteiger partial charge in [0, 0.05) is 0 Å². The number of nitrogens with one attached hydrogen (secondary N) is 1. The minimum atomic E-state index is 0.383. The maximum Gasteiger partial charge on any atom is 0.193 e. The molecule has 1 heterocycles. The number of hydrogen-bond acceptors (Lipinski definition) is 2. The molecule has 1 fully saturated rings. The van der Waals surface area contributed by atoms with E-state index in [-0.39, 0.29) is 0 Å². The Balaban J connectivity index is 2.00. The lowest BCUT2D eigenvalue weighted by molar-refractivity contribution is 0.443. The molecule has 94 valence electrons. The van der Waals surface area contributed by atoms with E-state index in [9.17, 15) is 0 Å². The summed E-state index contributed by atoms with van der Waals surface area (Å²) >= 11 is 7.59. The van der Waals surface area contributed by atoms with E-state index < -0.39 is 0 Å². The third kappa shape index (κ3) is 3.36. The molecule has 1 aliphatic rings. The van der Waals surface area contributed by atoms with Crippen molar-refractivity contribution in [2.45, 2.75) is 45.1 Å². The summed E-state index contributed by atoms with van der Waals surface area (Å²) in [6.45, 7) is 2.01. The van der Waals surface area contributed by atoms with Crippen LogP contribution in [0.2, 0.25) is 4.34 Å². The zero-order chi connectivity index (χ0) is 12.3. The van der Waals surface area contributed by atoms with Crippen LogP contribution < -0.4 is 11.1 Å². The van der Waals surface area contributed by atoms with Crippen molar-refractivity contribution in [3.8, 4) is 0 Å². The number of nitrogens with zero attached hydrogens (tertiary/aromatic N) is 1. The first-order valence-corrected chi connectivity index (χ1v) is 7.26. The summed E-state index contributed by atoms with van der Waals surface area (Å²) in [6.07, 6.45) is 6.16. The summed E-state index contributed by atoms with van der Waals surface area (Å²) in [5, 5.41) is 5.12. The number of anilines is 1. The first kappa shape index (κ1) is 12.7. The van der Waals surface area contributed by atoms with Crippen LogP contribution in [0.4, 0.5) is 5.69 Å². The first-order valence-electron chi connectivity index (χ1n) is 6.00. The van der Waals surface area contributed by atoms with Crippen LogP contribution in [0.1, 0.15) is 37.7 Å². The molecule has 3 nitrogen and oxygen atoms in total. The van der Waals surface area contributed by atoms with E-state index in [2.05, 4.69) is 10.3 Å². The quantitative estimate of drug-likeness (QED) is 0.635. The molecule has 0 unspecified atom stereocenters. The third-order valence-electron chi connectivity index (χ3n) is 3.08. The van der Waals surface area contributed by atoms with Crippen molar-refractivity contribution < 1.29 is 0 Å². The summed E-state index contributed by atoms with van der Waals surface area (Å²) in [6, 6.07) is 0.383. The van der Waals surface area contributed by atoms with Gasteiger partial charge in [0.05, 0.1) is 11.7 Å². The van der Waals surface area contributed by atoms with E-state index in [1.165, 1.54) is 30.6 Å². The van der Waals surface area contributed by atoms with Gasteiger partial charge in [-0.05, 0) is 30.7 Å². The van der Waals surface area contributed by atoms with Crippen molar-refractivity contribution in [1.82, 2.24) is 0 Å². The SMILES string of the molecule is Cc1csc(Cl)c1NC(N)=NC1CCCCC1. The summed E-state index contributed by atoms with van der Waals surface area (Å²) in [5.74, 6) is 0.486. The van der Waals surface area contributed by atoms with Crippen LogP contribution in [0.5, 0.6) is 0 Å². The van der Waals surface area contributed by atoms with Crippen LogP contribution in [-0.2, 0) is 0 Å². The zero-order valence-electron chi connectivity index (χ0n) is 10.0. The predicted octanol–water partition coefficient (Wildman–Crippen LogP) is 3.77. The van der Waals surface area contributed by atoms with E-state index in [1.54, 1.807) is 0 Å². The number of hydrogen-bond donors (Lipinski definition) is 2. The van der Waals surface area contributed by atoms with Gasteiger partial charge in [-0.15, -0.1) is 11.3 Å². The number of thiophene rings is 1. The lowest BCUT2D eigenvalue weighted by atomic mass is 9.96. The van der Waals surface area contributed by atoms with Crippen molar-refractivity contribution in [2.24, 2.45) is 10.7 Å². The molecule has 17 heavy (non-hydrogen) atoms. The van der Waals surface area contributed by atoms with Gasteiger partial charge in [-0.3, -0.25) is 0 Å². The van der Waals surface area contributed by atoms with Gasteiger partial charge in [-0.2, -0.15) is 0 Å². The summed E-state index contributed by atoms with van der Waals surface area (Å²) in [5.41, 5.74) is 7.93. The molecule has 0 atom stereocenters. The number of aliphatic imine (C=N–C) groups is 1. The largest absolute Gasteiger partial charge is 0.370 e. The molecule has 5 heteroatoms. The molecule has 1 saturated carbocycles. The van der Waals surface area contributed by atoms with E-state index in [0.717, 1.165) is 28.4 Å². The monoisotopic (exact) mass is 271 g/mol. The molecular formula is C12H18ClN3S. The van der Waals surface area contributed by atoms with Crippen molar-refractivity contribution in [3.63, 3.8) is 0 Å². The molecule has 1 aromatic rings. The Hall–Kier alpha value is -0.740. The highest BCUT2D eigenvalue weighted by Crippen LogP contribution is 2.32. The van der Waals surface area contributed by atoms with Crippen molar-refractivity contribution in [2.75, 3.05) is 5.32 Å². The predicted molar refractivity (Wildman–Crippen MR) is 76.2 cm³/mol. The van der Waals surface area contributed by atoms with Gasteiger partial charge in [0.2, 0.25) is 0 Å². The lowest BCUT2D eigenvalue weighted by Gasteiger charge is -2.18. The molecule has 0 radical (unpaired) electrons. The van der Waals surface area contributed by atoms with Gasteiger partial charge in [0.1, 0.15) is 4.34 Å². The molecule has 1 aliphatic carbocycles. The summed E-state index contributed by atoms with van der Waals surface area (Å²) in [7, 11) is 0. The van der Waals surface area contributed by atoms with Gasteiger partial charge in [-0.1, -0.05) is 30.9 Å². The molecule has 0 saturated heterocycles. The Bertz CT molecular complexity index is 388. The van der Waals surface area contributed by atoms with Crippen LogP contribution >= 0.6 is 22.9 Å². The molecule has 2 rings (SSSR count). The Morgan fingerprint density at radius 3 is 2.76 bits per heavy atom. The molecular weight excluding hydrogens is 254 g/mol. The van der Waals surface area contributed by atoms with E-state index in [4.69, 9.17) is 17.3 Å². The number of aryl methyl sites for hydroxylation is 1. The molecule has 0 amide bonds. The van der Waals surface area contributed by atoms with E-state index >= 15 is 0 Å². The second-order valence-corrected chi connectivity index (χ2v) is 5.98. The second-order valence-electron chi connectivity index (χ2n) is 4.50. The van der Waals surface area contributed by atoms with Gasteiger partial charge in [0.15, 0.2) is 5.96 Å². The lowest BCUT2D eigenvalue weighted by Crippen LogP contribution is -2.26. The Morgan fingerprint density at radius 1 is 1.47 bits per heavy atom. The molecule has 0 aliphatic heterocycles. The van der Waals surface area contributed by atoms with E-state index in [0.29, 0.717) is 12.0 Å². The average molecular weight is 272 g/mol. The highest BCUT2D eigenvalue weighted by atomic mass is 35.5. The first-order chi connectivity index (χ1) is 8.16. The van der Waals surface area contributed by atoms with Gasteiger partial charge in [0.25, 0.3) is 0 Å². The number of halogens is 1. The van der Waals surface area contributed by atoms with Gasteiger partial charge >= 0.3 is 0 Å². The van der Waals surface area contributed by atoms with Crippen LogP contribution in [0.15, 0.2) is 10.4 Å². The highest BCUT2D eigenvalue weighted by Gasteiger charge is 2.13. The van der Waals surface area contributed by atoms with Crippen LogP contribution in [0.3, 0.4) is 0 Å². The molecule has 3 N–H and O–H groups in total. The number of rotatable bonds is 2. The van der Waals surface area contributed by atoms with Crippen LogP contribution in [-0.4, -0.2) is 12.0 Å². The van der Waals surface area contributed by atoms with Crippen LogP contribution in [0.25, 0.3) is 0 Å². The maximum absolute atomic E-state index is 6.08. The summed E-state index contributed by atoms with van der Waals surface area (Å²) in [4.78, 5) is 4.52. The third-order valence-corrected chi connectivity index (χ3v) is 4.42. The second kappa shape index (κ2) is 5.74. The van der Waals surface area contributed by atoms with Gasteiger partial charge in [-0.25, -0.2) is 4.99 Å². The fourth-order valence-corrected chi connectivity index (χ4v) is 3.19. The van der Waals surface area contributed by atoms with Crippen molar-refractivity contribution in [1.29, 1.82) is 0 Å². The zero-order valence-corrected chi connectivity index (χ0v) is 11.6. The highest BCUT2D eigenvalue weighted by molar-refractivity contribution is 7.15. The molecule has 0 spiro atoms. The van der Waals surface area contributed by atoms with Crippen LogP contribution in [0, 0.1) is 6.92 Å². The number of nitrogens with two attached hydrogens (primary N) is 1. The molecule has 1 aromatic heterocycles. The normalized spacial score (nSPS) is 18.4. The molecule has 0 aromatic carbocycles. The smallest absolute Gasteiger partial charge is 0.193 e. The number of guanidine groups is 1. The fraction of sp³-hybridized carbons (Fsp3) is 0.583. The van der Waals surface area contributed by atoms with E-state index in [1.807, 2.05) is 12.3 Å². The Kier molecular flexibility index (Phi) is 4.29. The topological polar surface area (TPSA) is 50.4 Å². The standard InChI is InChI=1S/C12H18ClN3S/c1-8-7-17-11(13)10(8)16-12(14)15-9-5-3-2-4-6-9/h7,9H,2-6H2,1H3,(H3,14,15,16). The van der Waals surface area contributed by atoms with Crippen molar-refractivity contribution in [3.05, 3.63) is 15.3 Å². The fourth-order valence-electron chi connectivity index (χ4n) is 2.13. The molecule has 0 bridgehead atoms. The van der Waals surface area contributed by atoms with Gasteiger partial charge < -0.3 is 11.1 Å².